The molecule has 0 unspecified atom stereocenters. The molecular formula is C19H17FO3. The second-order valence-electron chi connectivity index (χ2n) is 5.84. The first kappa shape index (κ1) is 15.4. The Morgan fingerprint density at radius 3 is 2.35 bits per heavy atom. The van der Waals surface area contributed by atoms with Crippen molar-refractivity contribution in [2.45, 2.75) is 12.8 Å². The van der Waals surface area contributed by atoms with E-state index in [9.17, 15) is 14.0 Å². The van der Waals surface area contributed by atoms with Gasteiger partial charge in [0.05, 0.1) is 7.11 Å². The average Bonchev–Trinajstić information content (AvgIpc) is 3.31. The van der Waals surface area contributed by atoms with Crippen molar-refractivity contribution in [2.24, 2.45) is 11.8 Å². The van der Waals surface area contributed by atoms with Crippen LogP contribution in [0.3, 0.4) is 0 Å². The van der Waals surface area contributed by atoms with Crippen LogP contribution in [0.4, 0.5) is 4.39 Å². The Hall–Kier alpha value is -2.49. The Balaban J connectivity index is 1.90. The summed E-state index contributed by atoms with van der Waals surface area (Å²) < 4.78 is 18.2. The van der Waals surface area contributed by atoms with Gasteiger partial charge in [-0.3, -0.25) is 9.59 Å². The molecule has 1 aliphatic carbocycles. The molecule has 0 aromatic heterocycles. The SMILES string of the molecule is COc1cccc([C@H]2[C@H](C(C)=O)[C@@H]2C(=O)c2ccc(F)cc2)c1. The number of hydrogen-bond donors (Lipinski definition) is 0. The molecule has 2 aromatic rings. The minimum absolute atomic E-state index is 0.00159. The van der Waals surface area contributed by atoms with E-state index in [-0.39, 0.29) is 35.1 Å². The summed E-state index contributed by atoms with van der Waals surface area (Å²) in [5.41, 5.74) is 1.36. The van der Waals surface area contributed by atoms with Gasteiger partial charge in [0.25, 0.3) is 0 Å². The van der Waals surface area contributed by atoms with E-state index < -0.39 is 0 Å². The van der Waals surface area contributed by atoms with Crippen molar-refractivity contribution in [3.8, 4) is 5.75 Å². The molecule has 0 amide bonds. The van der Waals surface area contributed by atoms with Crippen LogP contribution in [0.15, 0.2) is 48.5 Å². The molecule has 3 rings (SSSR count). The van der Waals surface area contributed by atoms with Gasteiger partial charge in [0.2, 0.25) is 0 Å². The zero-order valence-corrected chi connectivity index (χ0v) is 13.0. The molecule has 3 atom stereocenters. The van der Waals surface area contributed by atoms with Crippen LogP contribution in [0.5, 0.6) is 5.75 Å². The highest BCUT2D eigenvalue weighted by molar-refractivity contribution is 6.05. The van der Waals surface area contributed by atoms with E-state index in [1.54, 1.807) is 7.11 Å². The number of Topliss-reactive ketones (excluding diaryl/α,β-unsaturated/α-hetero) is 2. The predicted octanol–water partition coefficient (Wildman–Crippen LogP) is 3.64. The van der Waals surface area contributed by atoms with Crippen molar-refractivity contribution >= 4 is 11.6 Å². The summed E-state index contributed by atoms with van der Waals surface area (Å²) in [7, 11) is 1.58. The van der Waals surface area contributed by atoms with Crippen LogP contribution in [0, 0.1) is 17.7 Å². The normalized spacial score (nSPS) is 22.5. The highest BCUT2D eigenvalue weighted by Gasteiger charge is 2.57. The van der Waals surface area contributed by atoms with Crippen LogP contribution < -0.4 is 4.74 Å². The van der Waals surface area contributed by atoms with Crippen molar-refractivity contribution in [1.82, 2.24) is 0 Å². The van der Waals surface area contributed by atoms with Gasteiger partial charge < -0.3 is 4.74 Å². The first-order valence-corrected chi connectivity index (χ1v) is 7.47. The van der Waals surface area contributed by atoms with Crippen molar-refractivity contribution in [2.75, 3.05) is 7.11 Å². The van der Waals surface area contributed by atoms with Gasteiger partial charge in [-0.05, 0) is 48.9 Å². The van der Waals surface area contributed by atoms with E-state index >= 15 is 0 Å². The lowest BCUT2D eigenvalue weighted by molar-refractivity contribution is -0.118. The maximum absolute atomic E-state index is 13.0. The third kappa shape index (κ3) is 2.89. The smallest absolute Gasteiger partial charge is 0.167 e. The molecule has 1 aliphatic rings. The summed E-state index contributed by atoms with van der Waals surface area (Å²) in [5.74, 6) is -0.643. The number of halogens is 1. The monoisotopic (exact) mass is 312 g/mol. The fourth-order valence-electron chi connectivity index (χ4n) is 3.21. The van der Waals surface area contributed by atoms with E-state index in [0.29, 0.717) is 11.3 Å². The van der Waals surface area contributed by atoms with E-state index in [1.807, 2.05) is 24.3 Å². The van der Waals surface area contributed by atoms with Crippen LogP contribution in [0.1, 0.15) is 28.8 Å². The molecule has 1 saturated carbocycles. The standard InChI is InChI=1S/C19H17FO3/c1-11(21)16-17(13-4-3-5-15(10-13)23-2)18(16)19(22)12-6-8-14(20)9-7-12/h3-10,16-18H,1-2H3/t16-,17-,18-/m0/s1. The summed E-state index contributed by atoms with van der Waals surface area (Å²) in [5, 5.41) is 0. The molecule has 1 fully saturated rings. The van der Waals surface area contributed by atoms with E-state index in [2.05, 4.69) is 0 Å². The summed E-state index contributed by atoms with van der Waals surface area (Å²) in [4.78, 5) is 24.6. The topological polar surface area (TPSA) is 43.4 Å². The Labute approximate surface area is 134 Å². The lowest BCUT2D eigenvalue weighted by Crippen LogP contribution is -2.06. The number of ketones is 2. The number of hydrogen-bond acceptors (Lipinski definition) is 3. The first-order chi connectivity index (χ1) is 11.0. The molecule has 4 heteroatoms. The molecule has 118 valence electrons. The zero-order valence-electron chi connectivity index (χ0n) is 13.0. The molecule has 0 bridgehead atoms. The summed E-state index contributed by atoms with van der Waals surface area (Å²) >= 11 is 0. The second kappa shape index (κ2) is 5.95. The molecule has 0 heterocycles. The molecule has 0 saturated heterocycles. The third-order valence-corrected chi connectivity index (χ3v) is 4.40. The fourth-order valence-corrected chi connectivity index (χ4v) is 3.21. The van der Waals surface area contributed by atoms with Gasteiger partial charge in [-0.2, -0.15) is 0 Å². The largest absolute Gasteiger partial charge is 0.497 e. The van der Waals surface area contributed by atoms with Crippen LogP contribution in [-0.4, -0.2) is 18.7 Å². The minimum Gasteiger partial charge on any atom is -0.497 e. The first-order valence-electron chi connectivity index (χ1n) is 7.47. The van der Waals surface area contributed by atoms with E-state index in [4.69, 9.17) is 4.74 Å². The third-order valence-electron chi connectivity index (χ3n) is 4.40. The van der Waals surface area contributed by atoms with Crippen LogP contribution in [0.2, 0.25) is 0 Å². The molecule has 0 radical (unpaired) electrons. The number of methoxy groups -OCH3 is 1. The maximum atomic E-state index is 13.0. The Morgan fingerprint density at radius 1 is 1.04 bits per heavy atom. The van der Waals surface area contributed by atoms with Gasteiger partial charge in [0, 0.05) is 23.3 Å². The van der Waals surface area contributed by atoms with Crippen molar-refractivity contribution in [3.63, 3.8) is 0 Å². The molecule has 3 nitrogen and oxygen atoms in total. The van der Waals surface area contributed by atoms with Gasteiger partial charge in [-0.25, -0.2) is 4.39 Å². The van der Waals surface area contributed by atoms with E-state index in [0.717, 1.165) is 5.56 Å². The molecule has 0 spiro atoms. The van der Waals surface area contributed by atoms with Gasteiger partial charge in [-0.1, -0.05) is 12.1 Å². The van der Waals surface area contributed by atoms with Gasteiger partial charge in [0.1, 0.15) is 17.3 Å². The molecule has 23 heavy (non-hydrogen) atoms. The highest BCUT2D eigenvalue weighted by Crippen LogP contribution is 2.56. The Kier molecular flexibility index (Phi) is 3.99. The summed E-state index contributed by atoms with van der Waals surface area (Å²) in [6, 6.07) is 12.9. The van der Waals surface area contributed by atoms with Crippen molar-refractivity contribution in [3.05, 3.63) is 65.5 Å². The fraction of sp³-hybridized carbons (Fsp3) is 0.263. The Bertz CT molecular complexity index is 751. The number of rotatable bonds is 5. The van der Waals surface area contributed by atoms with Crippen LogP contribution in [0.25, 0.3) is 0 Å². The Morgan fingerprint density at radius 2 is 1.74 bits per heavy atom. The van der Waals surface area contributed by atoms with Crippen molar-refractivity contribution < 1.29 is 18.7 Å². The molecule has 0 aliphatic heterocycles. The molecule has 2 aromatic carbocycles. The van der Waals surface area contributed by atoms with E-state index in [1.165, 1.54) is 31.2 Å². The van der Waals surface area contributed by atoms with Crippen molar-refractivity contribution in [1.29, 1.82) is 0 Å². The number of carbonyl (C=O) groups is 2. The number of carbonyl (C=O) groups excluding carboxylic acids is 2. The number of ether oxygens (including phenoxy) is 1. The summed E-state index contributed by atoms with van der Waals surface area (Å²) in [6.07, 6.45) is 0. The molecule has 0 N–H and O–H groups in total. The second-order valence-corrected chi connectivity index (χ2v) is 5.84. The number of benzene rings is 2. The lowest BCUT2D eigenvalue weighted by Gasteiger charge is -2.04. The quantitative estimate of drug-likeness (QED) is 0.792. The maximum Gasteiger partial charge on any atom is 0.167 e. The summed E-state index contributed by atoms with van der Waals surface area (Å²) in [6.45, 7) is 1.51. The lowest BCUT2D eigenvalue weighted by atomic mass is 10.0. The zero-order chi connectivity index (χ0) is 16.6. The van der Waals surface area contributed by atoms with Crippen LogP contribution in [-0.2, 0) is 4.79 Å². The minimum atomic E-state index is -0.384. The average molecular weight is 312 g/mol. The van der Waals surface area contributed by atoms with Gasteiger partial charge in [-0.15, -0.1) is 0 Å². The van der Waals surface area contributed by atoms with Crippen LogP contribution >= 0.6 is 0 Å². The van der Waals surface area contributed by atoms with Gasteiger partial charge in [0.15, 0.2) is 5.78 Å². The predicted molar refractivity (Wildman–Crippen MR) is 84.1 cm³/mol. The molecular weight excluding hydrogens is 295 g/mol. The van der Waals surface area contributed by atoms with Gasteiger partial charge >= 0.3 is 0 Å². The highest BCUT2D eigenvalue weighted by atomic mass is 19.1.